The van der Waals surface area contributed by atoms with Gasteiger partial charge in [0.05, 0.1) is 32.1 Å². The molecule has 144 valence electrons. The first-order chi connectivity index (χ1) is 13.7. The minimum absolute atomic E-state index is 0.396. The Hall–Kier alpha value is -3.33. The van der Waals surface area contributed by atoms with E-state index in [1.165, 1.54) is 13.4 Å². The smallest absolute Gasteiger partial charge is 0.337 e. The lowest BCUT2D eigenvalue weighted by Crippen LogP contribution is -2.37. The van der Waals surface area contributed by atoms with Crippen molar-refractivity contribution in [2.75, 3.05) is 43.6 Å². The quantitative estimate of drug-likeness (QED) is 0.682. The highest BCUT2D eigenvalue weighted by Crippen LogP contribution is 2.26. The zero-order valence-corrected chi connectivity index (χ0v) is 15.7. The molecule has 1 aliphatic rings. The van der Waals surface area contributed by atoms with Gasteiger partial charge in [-0.15, -0.1) is 0 Å². The molecule has 1 fully saturated rings. The van der Waals surface area contributed by atoms with Gasteiger partial charge < -0.3 is 19.7 Å². The highest BCUT2D eigenvalue weighted by Gasteiger charge is 2.16. The predicted octanol–water partition coefficient (Wildman–Crippen LogP) is 2.10. The number of methoxy groups -OCH3 is 1. The van der Waals surface area contributed by atoms with E-state index in [1.54, 1.807) is 18.3 Å². The van der Waals surface area contributed by atoms with Crippen molar-refractivity contribution in [3.05, 3.63) is 41.9 Å². The highest BCUT2D eigenvalue weighted by molar-refractivity contribution is 5.92. The van der Waals surface area contributed by atoms with E-state index >= 15 is 0 Å². The molecular weight excluding hydrogens is 360 g/mol. The standard InChI is InChI=1S/C19H20N6O3/c1-12-3-4-13(18(26)27-2)9-14(12)23-17-16-15(21-11-22-17)10-20-19(24-16)25-5-7-28-8-6-25/h3-4,9-11H,5-8H2,1-2H3,(H,21,22,23). The number of nitrogens with one attached hydrogen (secondary N) is 1. The molecule has 4 rings (SSSR count). The molecule has 1 aliphatic heterocycles. The number of rotatable bonds is 4. The van der Waals surface area contributed by atoms with Crippen molar-refractivity contribution in [2.45, 2.75) is 6.92 Å². The van der Waals surface area contributed by atoms with Gasteiger partial charge in [0.15, 0.2) is 5.82 Å². The number of aromatic nitrogens is 4. The topological polar surface area (TPSA) is 102 Å². The maximum Gasteiger partial charge on any atom is 0.337 e. The molecule has 3 aromatic rings. The molecule has 0 amide bonds. The average molecular weight is 380 g/mol. The SMILES string of the molecule is COC(=O)c1ccc(C)c(Nc2ncnc3cnc(N4CCOCC4)nc23)c1. The first-order valence-electron chi connectivity index (χ1n) is 8.92. The van der Waals surface area contributed by atoms with Crippen LogP contribution in [0.5, 0.6) is 0 Å². The van der Waals surface area contributed by atoms with Gasteiger partial charge >= 0.3 is 5.97 Å². The number of hydrogen-bond acceptors (Lipinski definition) is 9. The van der Waals surface area contributed by atoms with Crippen LogP contribution in [-0.4, -0.2) is 59.3 Å². The first kappa shape index (κ1) is 18.1. The lowest BCUT2D eigenvalue weighted by atomic mass is 10.1. The van der Waals surface area contributed by atoms with Crippen LogP contribution in [0.1, 0.15) is 15.9 Å². The number of nitrogens with zero attached hydrogens (tertiary/aromatic N) is 5. The minimum atomic E-state index is -0.396. The van der Waals surface area contributed by atoms with E-state index in [9.17, 15) is 4.79 Å². The van der Waals surface area contributed by atoms with E-state index in [1.807, 2.05) is 13.0 Å². The Morgan fingerprint density at radius 2 is 2.04 bits per heavy atom. The largest absolute Gasteiger partial charge is 0.465 e. The fraction of sp³-hybridized carbons (Fsp3) is 0.316. The summed E-state index contributed by atoms with van der Waals surface area (Å²) < 4.78 is 10.2. The predicted molar refractivity (Wildman–Crippen MR) is 104 cm³/mol. The van der Waals surface area contributed by atoms with Crippen LogP contribution >= 0.6 is 0 Å². The Kier molecular flexibility index (Phi) is 4.98. The Morgan fingerprint density at radius 3 is 2.82 bits per heavy atom. The number of esters is 1. The van der Waals surface area contributed by atoms with Gasteiger partial charge in [-0.2, -0.15) is 0 Å². The number of morpholine rings is 1. The molecule has 1 aromatic carbocycles. The normalized spacial score (nSPS) is 14.1. The van der Waals surface area contributed by atoms with Gasteiger partial charge in [-0.25, -0.2) is 24.7 Å². The second kappa shape index (κ2) is 7.73. The van der Waals surface area contributed by atoms with Crippen molar-refractivity contribution < 1.29 is 14.3 Å². The monoisotopic (exact) mass is 380 g/mol. The number of anilines is 3. The highest BCUT2D eigenvalue weighted by atomic mass is 16.5. The van der Waals surface area contributed by atoms with Gasteiger partial charge in [0.25, 0.3) is 0 Å². The molecule has 9 heteroatoms. The maximum absolute atomic E-state index is 11.8. The molecule has 0 radical (unpaired) electrons. The number of benzene rings is 1. The summed E-state index contributed by atoms with van der Waals surface area (Å²) in [4.78, 5) is 31.6. The number of fused-ring (bicyclic) bond motifs is 1. The number of hydrogen-bond donors (Lipinski definition) is 1. The van der Waals surface area contributed by atoms with Crippen molar-refractivity contribution in [1.82, 2.24) is 19.9 Å². The van der Waals surface area contributed by atoms with E-state index in [0.717, 1.165) is 24.3 Å². The molecular formula is C19H20N6O3. The van der Waals surface area contributed by atoms with Crippen LogP contribution in [0.25, 0.3) is 11.0 Å². The van der Waals surface area contributed by atoms with E-state index < -0.39 is 5.97 Å². The van der Waals surface area contributed by atoms with Gasteiger partial charge in [-0.3, -0.25) is 0 Å². The zero-order valence-electron chi connectivity index (χ0n) is 15.7. The third-order valence-corrected chi connectivity index (χ3v) is 4.57. The number of carbonyl (C=O) groups is 1. The average Bonchev–Trinajstić information content (AvgIpc) is 2.75. The summed E-state index contributed by atoms with van der Waals surface area (Å²) >= 11 is 0. The van der Waals surface area contributed by atoms with E-state index in [2.05, 4.69) is 30.2 Å². The Labute approximate surface area is 161 Å². The van der Waals surface area contributed by atoms with Crippen LogP contribution in [0.3, 0.4) is 0 Å². The summed E-state index contributed by atoms with van der Waals surface area (Å²) in [6.45, 7) is 4.72. The molecule has 0 spiro atoms. The van der Waals surface area contributed by atoms with E-state index in [0.29, 0.717) is 41.6 Å². The van der Waals surface area contributed by atoms with Crippen molar-refractivity contribution in [2.24, 2.45) is 0 Å². The summed E-state index contributed by atoms with van der Waals surface area (Å²) in [6.07, 6.45) is 3.15. The number of ether oxygens (including phenoxy) is 2. The first-order valence-corrected chi connectivity index (χ1v) is 8.92. The maximum atomic E-state index is 11.8. The van der Waals surface area contributed by atoms with Gasteiger partial charge in [-0.1, -0.05) is 6.07 Å². The van der Waals surface area contributed by atoms with Crippen LogP contribution in [0.2, 0.25) is 0 Å². The molecule has 3 heterocycles. The molecule has 1 N–H and O–H groups in total. The summed E-state index contributed by atoms with van der Waals surface area (Å²) in [5.41, 5.74) is 3.41. The minimum Gasteiger partial charge on any atom is -0.465 e. The van der Waals surface area contributed by atoms with Crippen LogP contribution in [0, 0.1) is 6.92 Å². The Bertz CT molecular complexity index is 1020. The summed E-state index contributed by atoms with van der Waals surface area (Å²) in [5, 5.41) is 3.27. The van der Waals surface area contributed by atoms with Gasteiger partial charge in [0, 0.05) is 18.8 Å². The zero-order chi connectivity index (χ0) is 19.5. The molecule has 0 bridgehead atoms. The summed E-state index contributed by atoms with van der Waals surface area (Å²) in [5.74, 6) is 0.772. The molecule has 0 saturated carbocycles. The van der Waals surface area contributed by atoms with Crippen LogP contribution < -0.4 is 10.2 Å². The van der Waals surface area contributed by atoms with Gasteiger partial charge in [0.2, 0.25) is 5.95 Å². The Balaban J connectivity index is 1.71. The lowest BCUT2D eigenvalue weighted by molar-refractivity contribution is 0.0601. The van der Waals surface area contributed by atoms with Crippen molar-refractivity contribution >= 4 is 34.5 Å². The molecule has 28 heavy (non-hydrogen) atoms. The fourth-order valence-corrected chi connectivity index (χ4v) is 2.98. The van der Waals surface area contributed by atoms with Crippen LogP contribution in [0.4, 0.5) is 17.5 Å². The van der Waals surface area contributed by atoms with Crippen LogP contribution in [0.15, 0.2) is 30.7 Å². The molecule has 1 saturated heterocycles. The number of carbonyl (C=O) groups excluding carboxylic acids is 1. The molecule has 0 atom stereocenters. The molecule has 9 nitrogen and oxygen atoms in total. The lowest BCUT2D eigenvalue weighted by Gasteiger charge is -2.26. The van der Waals surface area contributed by atoms with Gasteiger partial charge in [-0.05, 0) is 24.6 Å². The van der Waals surface area contributed by atoms with Crippen molar-refractivity contribution in [3.8, 4) is 0 Å². The molecule has 2 aromatic heterocycles. The third kappa shape index (κ3) is 3.56. The summed E-state index contributed by atoms with van der Waals surface area (Å²) in [6, 6.07) is 5.31. The fourth-order valence-electron chi connectivity index (χ4n) is 2.98. The Morgan fingerprint density at radius 1 is 1.21 bits per heavy atom. The van der Waals surface area contributed by atoms with E-state index in [-0.39, 0.29) is 0 Å². The number of aryl methyl sites for hydroxylation is 1. The third-order valence-electron chi connectivity index (χ3n) is 4.57. The molecule has 0 unspecified atom stereocenters. The van der Waals surface area contributed by atoms with Crippen LogP contribution in [-0.2, 0) is 9.47 Å². The summed E-state index contributed by atoms with van der Waals surface area (Å²) in [7, 11) is 1.36. The van der Waals surface area contributed by atoms with Crippen molar-refractivity contribution in [3.63, 3.8) is 0 Å². The van der Waals surface area contributed by atoms with E-state index in [4.69, 9.17) is 9.47 Å². The second-order valence-corrected chi connectivity index (χ2v) is 6.37. The second-order valence-electron chi connectivity index (χ2n) is 6.37. The molecule has 0 aliphatic carbocycles. The van der Waals surface area contributed by atoms with Crippen molar-refractivity contribution in [1.29, 1.82) is 0 Å². The van der Waals surface area contributed by atoms with Gasteiger partial charge in [0.1, 0.15) is 17.4 Å².